The van der Waals surface area contributed by atoms with Gasteiger partial charge in [-0.15, -0.1) is 0 Å². The van der Waals surface area contributed by atoms with Gasteiger partial charge in [0.25, 0.3) is 5.91 Å². The molecule has 4 rings (SSSR count). The standard InChI is InChI=1S/C24H30N4O4/c1-27(15-7-11-19-17-20(26-32-19)18-9-3-2-4-10-18)21(29)12-8-16-28-22(30)24(25-23(28)31)13-5-6-14-24/h2-4,9-10,17H,5-8,11-16H2,1H3,(H,25,31). The van der Waals surface area contributed by atoms with Gasteiger partial charge in [0, 0.05) is 44.6 Å². The van der Waals surface area contributed by atoms with Crippen molar-refractivity contribution in [3.05, 3.63) is 42.2 Å². The van der Waals surface area contributed by atoms with E-state index in [1.54, 1.807) is 11.9 Å². The van der Waals surface area contributed by atoms with E-state index in [0.717, 1.165) is 36.3 Å². The van der Waals surface area contributed by atoms with Gasteiger partial charge in [0.15, 0.2) is 0 Å². The summed E-state index contributed by atoms with van der Waals surface area (Å²) in [5.41, 5.74) is 1.14. The van der Waals surface area contributed by atoms with Crippen molar-refractivity contribution in [1.82, 2.24) is 20.3 Å². The molecule has 4 amide bonds. The number of aromatic nitrogens is 1. The summed E-state index contributed by atoms with van der Waals surface area (Å²) in [4.78, 5) is 40.3. The number of urea groups is 1. The Bertz CT molecular complexity index is 965. The maximum absolute atomic E-state index is 12.7. The lowest BCUT2D eigenvalue weighted by molar-refractivity contribution is -0.133. The van der Waals surface area contributed by atoms with E-state index in [2.05, 4.69) is 10.5 Å². The molecule has 8 heteroatoms. The van der Waals surface area contributed by atoms with E-state index in [9.17, 15) is 14.4 Å². The molecule has 1 saturated carbocycles. The fraction of sp³-hybridized carbons (Fsp3) is 0.500. The largest absolute Gasteiger partial charge is 0.361 e. The molecule has 1 N–H and O–H groups in total. The van der Waals surface area contributed by atoms with Gasteiger partial charge in [0.1, 0.15) is 17.0 Å². The van der Waals surface area contributed by atoms with Crippen molar-refractivity contribution in [2.75, 3.05) is 20.1 Å². The Hall–Kier alpha value is -3.16. The maximum atomic E-state index is 12.7. The van der Waals surface area contributed by atoms with Gasteiger partial charge >= 0.3 is 6.03 Å². The topological polar surface area (TPSA) is 95.8 Å². The molecule has 0 radical (unpaired) electrons. The number of nitrogens with one attached hydrogen (secondary N) is 1. The van der Waals surface area contributed by atoms with Crippen LogP contribution in [0, 0.1) is 0 Å². The zero-order chi connectivity index (χ0) is 22.6. The van der Waals surface area contributed by atoms with E-state index >= 15 is 0 Å². The smallest absolute Gasteiger partial charge is 0.325 e. The molecule has 2 aliphatic rings. The third kappa shape index (κ3) is 4.69. The van der Waals surface area contributed by atoms with Crippen LogP contribution in [-0.4, -0.2) is 58.5 Å². The van der Waals surface area contributed by atoms with E-state index in [1.165, 1.54) is 4.90 Å². The van der Waals surface area contributed by atoms with E-state index < -0.39 is 5.54 Å². The molecular weight excluding hydrogens is 408 g/mol. The van der Waals surface area contributed by atoms with Crippen LogP contribution < -0.4 is 5.32 Å². The highest BCUT2D eigenvalue weighted by Crippen LogP contribution is 2.35. The van der Waals surface area contributed by atoms with Crippen LogP contribution in [0.25, 0.3) is 11.3 Å². The van der Waals surface area contributed by atoms with E-state index in [-0.39, 0.29) is 24.4 Å². The van der Waals surface area contributed by atoms with Crippen molar-refractivity contribution in [3.63, 3.8) is 0 Å². The number of amides is 4. The molecule has 1 aromatic heterocycles. The van der Waals surface area contributed by atoms with Gasteiger partial charge in [-0.1, -0.05) is 48.3 Å². The van der Waals surface area contributed by atoms with Crippen LogP contribution in [0.4, 0.5) is 4.79 Å². The van der Waals surface area contributed by atoms with Crippen LogP contribution in [0.1, 0.15) is 50.7 Å². The number of imide groups is 1. The van der Waals surface area contributed by atoms with Gasteiger partial charge in [-0.05, 0) is 25.7 Å². The van der Waals surface area contributed by atoms with Crippen LogP contribution in [0.2, 0.25) is 0 Å². The highest BCUT2D eigenvalue weighted by molar-refractivity contribution is 6.07. The van der Waals surface area contributed by atoms with Crippen LogP contribution in [-0.2, 0) is 16.0 Å². The summed E-state index contributed by atoms with van der Waals surface area (Å²) in [5.74, 6) is 0.682. The summed E-state index contributed by atoms with van der Waals surface area (Å²) in [7, 11) is 1.78. The highest BCUT2D eigenvalue weighted by Gasteiger charge is 2.52. The molecular formula is C24H30N4O4. The molecule has 0 atom stereocenters. The normalized spacial score (nSPS) is 17.2. The third-order valence-corrected chi connectivity index (χ3v) is 6.45. The van der Waals surface area contributed by atoms with E-state index in [0.29, 0.717) is 38.6 Å². The molecule has 1 aliphatic heterocycles. The zero-order valence-electron chi connectivity index (χ0n) is 18.5. The van der Waals surface area contributed by atoms with Gasteiger partial charge in [0.2, 0.25) is 5.91 Å². The number of carbonyl (C=O) groups excluding carboxylic acids is 3. The average molecular weight is 439 g/mol. The van der Waals surface area contributed by atoms with Crippen molar-refractivity contribution in [3.8, 4) is 11.3 Å². The number of hydrogen-bond acceptors (Lipinski definition) is 5. The molecule has 1 saturated heterocycles. The number of hydrogen-bond donors (Lipinski definition) is 1. The summed E-state index contributed by atoms with van der Waals surface area (Å²) in [5, 5.41) is 6.99. The van der Waals surface area contributed by atoms with Crippen molar-refractivity contribution in [2.24, 2.45) is 0 Å². The molecule has 2 aromatic rings. The Morgan fingerprint density at radius 1 is 1.19 bits per heavy atom. The first-order valence-corrected chi connectivity index (χ1v) is 11.4. The van der Waals surface area contributed by atoms with Crippen LogP contribution in [0.3, 0.4) is 0 Å². The fourth-order valence-electron chi connectivity index (χ4n) is 4.57. The quantitative estimate of drug-likeness (QED) is 0.606. The van der Waals surface area contributed by atoms with E-state index in [1.807, 2.05) is 36.4 Å². The summed E-state index contributed by atoms with van der Waals surface area (Å²) in [6.07, 6.45) is 5.60. The van der Waals surface area contributed by atoms with Crippen molar-refractivity contribution < 1.29 is 18.9 Å². The first-order chi connectivity index (χ1) is 15.5. The number of carbonyl (C=O) groups is 3. The number of rotatable bonds is 9. The van der Waals surface area contributed by atoms with E-state index in [4.69, 9.17) is 4.52 Å². The Kier molecular flexibility index (Phi) is 6.58. The third-order valence-electron chi connectivity index (χ3n) is 6.45. The summed E-state index contributed by atoms with van der Waals surface area (Å²) >= 11 is 0. The molecule has 0 bridgehead atoms. The number of benzene rings is 1. The molecule has 0 unspecified atom stereocenters. The SMILES string of the molecule is CN(CCCc1cc(-c2ccccc2)no1)C(=O)CCCN1C(=O)NC2(CCCC2)C1=O. The van der Waals surface area contributed by atoms with Crippen LogP contribution >= 0.6 is 0 Å². The zero-order valence-corrected chi connectivity index (χ0v) is 18.5. The van der Waals surface area contributed by atoms with Gasteiger partial charge < -0.3 is 14.7 Å². The number of nitrogens with zero attached hydrogens (tertiary/aromatic N) is 3. The second kappa shape index (κ2) is 9.54. The summed E-state index contributed by atoms with van der Waals surface area (Å²) in [6.45, 7) is 0.888. The number of aryl methyl sites for hydroxylation is 1. The Morgan fingerprint density at radius 2 is 1.94 bits per heavy atom. The lowest BCUT2D eigenvalue weighted by Crippen LogP contribution is -2.44. The summed E-state index contributed by atoms with van der Waals surface area (Å²) < 4.78 is 5.41. The predicted octanol–water partition coefficient (Wildman–Crippen LogP) is 3.38. The van der Waals surface area contributed by atoms with Gasteiger partial charge in [-0.3, -0.25) is 14.5 Å². The Morgan fingerprint density at radius 3 is 2.69 bits per heavy atom. The maximum Gasteiger partial charge on any atom is 0.325 e. The molecule has 1 aliphatic carbocycles. The molecule has 170 valence electrons. The Balaban J connectivity index is 1.17. The minimum atomic E-state index is -0.682. The molecule has 1 spiro atoms. The second-order valence-corrected chi connectivity index (χ2v) is 8.74. The van der Waals surface area contributed by atoms with Gasteiger partial charge in [-0.25, -0.2) is 4.79 Å². The van der Waals surface area contributed by atoms with Crippen molar-refractivity contribution >= 4 is 17.8 Å². The summed E-state index contributed by atoms with van der Waals surface area (Å²) in [6, 6.07) is 11.5. The first kappa shape index (κ1) is 22.0. The van der Waals surface area contributed by atoms with Gasteiger partial charge in [-0.2, -0.15) is 0 Å². The molecule has 2 fully saturated rings. The van der Waals surface area contributed by atoms with Crippen molar-refractivity contribution in [1.29, 1.82) is 0 Å². The molecule has 8 nitrogen and oxygen atoms in total. The minimum Gasteiger partial charge on any atom is -0.361 e. The fourth-order valence-corrected chi connectivity index (χ4v) is 4.57. The van der Waals surface area contributed by atoms with Crippen LogP contribution in [0.5, 0.6) is 0 Å². The average Bonchev–Trinajstić information content (AvgIpc) is 3.51. The molecule has 32 heavy (non-hydrogen) atoms. The van der Waals surface area contributed by atoms with Gasteiger partial charge in [0.05, 0.1) is 0 Å². The lowest BCUT2D eigenvalue weighted by atomic mass is 9.98. The highest BCUT2D eigenvalue weighted by atomic mass is 16.5. The predicted molar refractivity (Wildman–Crippen MR) is 119 cm³/mol. The molecule has 1 aromatic carbocycles. The monoisotopic (exact) mass is 438 g/mol. The molecule has 2 heterocycles. The minimum absolute atomic E-state index is 0.00942. The Labute approximate surface area is 187 Å². The lowest BCUT2D eigenvalue weighted by Gasteiger charge is -2.20. The first-order valence-electron chi connectivity index (χ1n) is 11.4. The second-order valence-electron chi connectivity index (χ2n) is 8.74. The van der Waals surface area contributed by atoms with Crippen LogP contribution in [0.15, 0.2) is 40.9 Å². The van der Waals surface area contributed by atoms with Crippen molar-refractivity contribution in [2.45, 2.75) is 56.9 Å².